The number of carbonyl (C=O) groups is 4. The molecule has 2 aromatic heterocycles. The second-order valence-corrected chi connectivity index (χ2v) is 19.3. The number of carbonyl (C=O) groups excluding carboxylic acids is 4. The number of hydrogen-bond acceptors (Lipinski definition) is 25. The second kappa shape index (κ2) is 22.3. The third-order valence-electron chi connectivity index (χ3n) is 8.72. The highest BCUT2D eigenvalue weighted by Crippen LogP contribution is 2.56. The van der Waals surface area contributed by atoms with Crippen molar-refractivity contribution in [3.8, 4) is 11.5 Å². The number of aliphatic hydroxyl groups is 2. The number of nitrogens with one attached hydrogen (secondary N) is 2. The SMILES string of the molecule is COc1cc(/C=C/C(=O)CC(=O)SCCNC(=O)CCNC(=O)[C@H](O)C(C)(C)COP(=O)([O-])OP(=O)([O-])OC[C@H]2O[C@@H](n3cnc4c(N)ncnc43)[C@H](O)[C@@H]2OP(=O)([O-])[O-])ccc1O. The van der Waals surface area contributed by atoms with E-state index in [-0.39, 0.29) is 53.7 Å². The number of benzene rings is 1. The number of fused-ring (bicyclic) bond motifs is 1. The quantitative estimate of drug-likeness (QED) is 0.0234. The van der Waals surface area contributed by atoms with Crippen molar-refractivity contribution in [3.05, 3.63) is 42.5 Å². The minimum absolute atomic E-state index is 0.0292. The fourth-order valence-electron chi connectivity index (χ4n) is 5.51. The highest BCUT2D eigenvalue weighted by atomic mass is 32.2. The van der Waals surface area contributed by atoms with Gasteiger partial charge in [-0.3, -0.25) is 32.9 Å². The molecular formula is C33H42N7O20P3S-4. The molecule has 64 heavy (non-hydrogen) atoms. The zero-order chi connectivity index (χ0) is 47.6. The summed E-state index contributed by atoms with van der Waals surface area (Å²) in [6, 6.07) is 4.43. The summed E-state index contributed by atoms with van der Waals surface area (Å²) in [6.45, 7) is -0.259. The van der Waals surface area contributed by atoms with E-state index in [1.807, 2.05) is 0 Å². The Hall–Kier alpha value is -4.21. The number of anilines is 1. The Balaban J connectivity index is 1.17. The summed E-state index contributed by atoms with van der Waals surface area (Å²) < 4.78 is 65.6. The first-order valence-electron chi connectivity index (χ1n) is 18.4. The first-order valence-corrected chi connectivity index (χ1v) is 23.7. The van der Waals surface area contributed by atoms with Crippen LogP contribution in [0.15, 0.2) is 36.9 Å². The molecule has 7 atom stereocenters. The minimum Gasteiger partial charge on any atom is -0.790 e. The number of aromatic nitrogens is 4. The summed E-state index contributed by atoms with van der Waals surface area (Å²) in [5.74, 6) is -1.93. The van der Waals surface area contributed by atoms with Gasteiger partial charge in [-0.05, 0) is 23.8 Å². The lowest BCUT2D eigenvalue weighted by Crippen LogP contribution is -2.46. The Labute approximate surface area is 367 Å². The number of phosphoric ester groups is 3. The smallest absolute Gasteiger partial charge is 0.274 e. The molecule has 0 radical (unpaired) electrons. The van der Waals surface area contributed by atoms with Crippen molar-refractivity contribution in [3.63, 3.8) is 0 Å². The van der Waals surface area contributed by atoms with Crippen LogP contribution in [0.3, 0.4) is 0 Å². The molecule has 354 valence electrons. The van der Waals surface area contributed by atoms with Crippen molar-refractivity contribution in [2.24, 2.45) is 5.41 Å². The Morgan fingerprint density at radius 2 is 1.77 bits per heavy atom. The number of nitrogens with two attached hydrogens (primary N) is 1. The Kier molecular flexibility index (Phi) is 18.3. The highest BCUT2D eigenvalue weighted by molar-refractivity contribution is 8.13. The van der Waals surface area contributed by atoms with Gasteiger partial charge in [0.05, 0.1) is 40.9 Å². The second-order valence-electron chi connectivity index (χ2n) is 14.1. The molecule has 3 aromatic rings. The van der Waals surface area contributed by atoms with E-state index < -0.39 is 102 Å². The molecular weight excluding hydrogens is 939 g/mol. The number of rotatable bonds is 24. The zero-order valence-electron chi connectivity index (χ0n) is 33.8. The summed E-state index contributed by atoms with van der Waals surface area (Å²) in [7, 11) is -16.3. The van der Waals surface area contributed by atoms with Gasteiger partial charge in [0, 0.05) is 30.7 Å². The molecule has 1 aromatic carbocycles. The molecule has 31 heteroatoms. The van der Waals surface area contributed by atoms with Crippen LogP contribution < -0.4 is 40.7 Å². The number of nitrogen functional groups attached to an aromatic ring is 1. The van der Waals surface area contributed by atoms with Crippen LogP contribution in [0.4, 0.5) is 5.82 Å². The molecule has 0 spiro atoms. The number of hydrogen-bond donors (Lipinski definition) is 6. The average molecular weight is 982 g/mol. The topological polar surface area (TPSA) is 421 Å². The van der Waals surface area contributed by atoms with Gasteiger partial charge in [-0.2, -0.15) is 0 Å². The molecule has 1 saturated heterocycles. The molecule has 0 bridgehead atoms. The van der Waals surface area contributed by atoms with Crippen LogP contribution in [0.5, 0.6) is 11.5 Å². The molecule has 7 N–H and O–H groups in total. The fourth-order valence-corrected chi connectivity index (χ4v) is 8.92. The van der Waals surface area contributed by atoms with Crippen LogP contribution in [-0.4, -0.2) is 121 Å². The van der Waals surface area contributed by atoms with Crippen LogP contribution in [0.2, 0.25) is 0 Å². The van der Waals surface area contributed by atoms with Crippen LogP contribution in [0, 0.1) is 5.41 Å². The molecule has 1 fully saturated rings. The number of thioether (sulfide) groups is 1. The fraction of sp³-hybridized carbons (Fsp3) is 0.485. The molecule has 2 amide bonds. The van der Waals surface area contributed by atoms with Crippen molar-refractivity contribution in [2.45, 2.75) is 57.3 Å². The van der Waals surface area contributed by atoms with E-state index in [4.69, 9.17) is 15.2 Å². The summed E-state index contributed by atoms with van der Waals surface area (Å²) in [5.41, 5.74) is 4.55. The zero-order valence-corrected chi connectivity index (χ0v) is 37.3. The average Bonchev–Trinajstić information content (AvgIpc) is 3.77. The molecule has 1 aliphatic heterocycles. The number of amides is 2. The highest BCUT2D eigenvalue weighted by Gasteiger charge is 2.47. The van der Waals surface area contributed by atoms with E-state index in [9.17, 15) is 67.8 Å². The number of nitrogens with zero attached hydrogens (tertiary/aromatic N) is 4. The predicted molar refractivity (Wildman–Crippen MR) is 212 cm³/mol. The number of ether oxygens (including phenoxy) is 2. The monoisotopic (exact) mass is 981 g/mol. The van der Waals surface area contributed by atoms with E-state index in [0.717, 1.165) is 29.0 Å². The predicted octanol–water partition coefficient (Wildman–Crippen LogP) is -2.48. The number of phosphoric acid groups is 3. The van der Waals surface area contributed by atoms with Gasteiger partial charge in [0.1, 0.15) is 36.3 Å². The number of methoxy groups -OCH3 is 1. The number of phenolic OH excluding ortho intramolecular Hbond substituents is 1. The number of imidazole rings is 1. The van der Waals surface area contributed by atoms with Crippen molar-refractivity contribution in [1.82, 2.24) is 30.2 Å². The summed E-state index contributed by atoms with van der Waals surface area (Å²) in [5, 5.41) is 35.4. The van der Waals surface area contributed by atoms with Crippen LogP contribution in [0.1, 0.15) is 38.5 Å². The molecule has 0 saturated carbocycles. The number of allylic oxidation sites excluding steroid dienone is 1. The Morgan fingerprint density at radius 1 is 1.06 bits per heavy atom. The van der Waals surface area contributed by atoms with Crippen LogP contribution >= 0.6 is 35.2 Å². The molecule has 0 aliphatic carbocycles. The van der Waals surface area contributed by atoms with Crippen molar-refractivity contribution < 1.29 is 95.1 Å². The lowest BCUT2D eigenvalue weighted by Gasteiger charge is -2.36. The maximum Gasteiger partial charge on any atom is 0.274 e. The number of aromatic hydroxyl groups is 1. The van der Waals surface area contributed by atoms with Crippen molar-refractivity contribution in [2.75, 3.05) is 44.9 Å². The minimum atomic E-state index is -5.95. The van der Waals surface area contributed by atoms with Gasteiger partial charge in [0.25, 0.3) is 15.6 Å². The van der Waals surface area contributed by atoms with Gasteiger partial charge in [0.15, 0.2) is 40.1 Å². The lowest BCUT2D eigenvalue weighted by atomic mass is 9.87. The van der Waals surface area contributed by atoms with Gasteiger partial charge in [-0.25, -0.2) is 19.3 Å². The van der Waals surface area contributed by atoms with Crippen molar-refractivity contribution >= 4 is 81.0 Å². The van der Waals surface area contributed by atoms with Gasteiger partial charge >= 0.3 is 0 Å². The Morgan fingerprint density at radius 3 is 2.45 bits per heavy atom. The summed E-state index contributed by atoms with van der Waals surface area (Å²) in [4.78, 5) is 109. The molecule has 27 nitrogen and oxygen atoms in total. The normalized spacial score (nSPS) is 20.4. The first kappa shape index (κ1) is 52.4. The van der Waals surface area contributed by atoms with Gasteiger partial charge in [0.2, 0.25) is 11.8 Å². The third kappa shape index (κ3) is 15.5. The maximum absolute atomic E-state index is 12.6. The number of ketones is 1. The van der Waals surface area contributed by atoms with E-state index in [2.05, 4.69) is 43.5 Å². The molecule has 1 aliphatic rings. The van der Waals surface area contributed by atoms with E-state index in [0.29, 0.717) is 5.56 Å². The van der Waals surface area contributed by atoms with Crippen LogP contribution in [-0.2, 0) is 55.5 Å². The standard InChI is InChI=1S/C33H46N7O20P3S/c1-33(2,28(46)31(47)36-9-8-23(43)35-10-11-64-24(44)13-19(41)6-4-18-5-7-20(42)21(12-18)55-3)15-57-63(53,54)60-62(51,52)56-14-22-27(59-61(48,49)50)26(45)32(58-22)40-17-39-25-29(34)37-16-38-30(25)40/h4-7,12,16-17,22,26-28,32,42,45-46H,8-11,13-15H2,1-3H3,(H,35,43)(H,36,47)(H,51,52)(H,53,54)(H2,34,37,38)(H2,48,49,50)/p-4/b6-4+/t22-,26-,27-,28+,32-/m1/s1. The number of aliphatic hydroxyl groups excluding tert-OH is 2. The molecule has 4 rings (SSSR count). The lowest BCUT2D eigenvalue weighted by molar-refractivity contribution is -0.347. The van der Waals surface area contributed by atoms with E-state index >= 15 is 0 Å². The maximum atomic E-state index is 12.6. The Bertz CT molecular complexity index is 2350. The largest absolute Gasteiger partial charge is 0.790 e. The molecule has 2 unspecified atom stereocenters. The van der Waals surface area contributed by atoms with Gasteiger partial charge in [-0.15, -0.1) is 0 Å². The number of phenols is 1. The van der Waals surface area contributed by atoms with Crippen molar-refractivity contribution in [1.29, 1.82) is 0 Å². The van der Waals surface area contributed by atoms with Gasteiger partial charge < -0.3 is 78.9 Å². The summed E-state index contributed by atoms with van der Waals surface area (Å²) >= 11 is 0.809. The summed E-state index contributed by atoms with van der Waals surface area (Å²) in [6.07, 6.45) is -5.57. The van der Waals surface area contributed by atoms with Crippen LogP contribution in [0.25, 0.3) is 17.2 Å². The van der Waals surface area contributed by atoms with E-state index in [1.165, 1.54) is 45.2 Å². The molecule has 3 heterocycles. The first-order chi connectivity index (χ1) is 29.8. The third-order valence-corrected chi connectivity index (χ3v) is 12.6. The van der Waals surface area contributed by atoms with Gasteiger partial charge in [-0.1, -0.05) is 37.8 Å². The van der Waals surface area contributed by atoms with E-state index in [1.54, 1.807) is 6.07 Å².